The highest BCUT2D eigenvalue weighted by Gasteiger charge is 2.40. The fraction of sp³-hybridized carbons (Fsp3) is 0.732. The van der Waals surface area contributed by atoms with Crippen molar-refractivity contribution in [1.29, 1.82) is 0 Å². The highest BCUT2D eigenvalue weighted by atomic mass is 16.4. The van der Waals surface area contributed by atoms with Crippen molar-refractivity contribution in [1.82, 2.24) is 52.8 Å². The zero-order valence-electron chi connectivity index (χ0n) is 54.7. The molecule has 33 N–H and O–H groups in total. The number of nitrogens with zero attached hydrogens (tertiary/aromatic N) is 5. The lowest BCUT2D eigenvalue weighted by atomic mass is 10.0. The number of aliphatic hydroxyl groups is 1. The lowest BCUT2D eigenvalue weighted by Gasteiger charge is -2.29. The molecule has 1 saturated heterocycles. The smallest absolute Gasteiger partial charge is 0.326 e. The molecule has 0 radical (unpaired) electrons. The van der Waals surface area contributed by atoms with Gasteiger partial charge >= 0.3 is 5.97 Å². The SMILES string of the molecule is CC(C)[C@H](NC(=O)[C@H](CCCN=C(N)N)NC(=O)[C@H](CCCCN)NC(=O)[C@H](CCCCN)NC(=O)[C@H](CCCN=C(N)N)NC(=O)[C@H](CCCN=C(N)N)NC(=O)[C@H](C)NC(=O)[C@H](C)NC(=O)[C@H](CCCN=C(N)N)NC(=O)[C@@H]1CCCN1C(=O)[C@@H](N)[C@@H](C)O)C(=O)O. The highest BCUT2D eigenvalue weighted by molar-refractivity contribution is 5.99. The van der Waals surface area contributed by atoms with Crippen LogP contribution in [0, 0.1) is 5.92 Å². The van der Waals surface area contributed by atoms with E-state index in [1.54, 1.807) is 13.8 Å². The molecule has 0 aromatic heterocycles. The Kier molecular flexibility index (Phi) is 39.4. The molecule has 1 aliphatic heterocycles. The molecule has 1 aliphatic rings. The van der Waals surface area contributed by atoms with E-state index < -0.39 is 144 Å². The van der Waals surface area contributed by atoms with E-state index in [9.17, 15) is 63.0 Å². The first-order valence-electron chi connectivity index (χ1n) is 31.6. The second-order valence-electron chi connectivity index (χ2n) is 23.2. The number of aliphatic hydroxyl groups excluding tert-OH is 1. The normalized spacial score (nSPS) is 16.1. The van der Waals surface area contributed by atoms with Gasteiger partial charge < -0.3 is 126 Å². The number of guanidine groups is 4. The number of carbonyl (C=O) groups is 11. The molecular formula is C56H107N25O13. The molecular weight excluding hydrogens is 1230 g/mol. The van der Waals surface area contributed by atoms with Crippen LogP contribution in [0.5, 0.6) is 0 Å². The van der Waals surface area contributed by atoms with Crippen LogP contribution in [-0.4, -0.2) is 222 Å². The van der Waals surface area contributed by atoms with Crippen LogP contribution in [0.25, 0.3) is 0 Å². The zero-order valence-corrected chi connectivity index (χ0v) is 54.7. The first-order valence-corrected chi connectivity index (χ1v) is 31.6. The Morgan fingerprint density at radius 3 is 1.05 bits per heavy atom. The van der Waals surface area contributed by atoms with Crippen LogP contribution in [0.4, 0.5) is 0 Å². The van der Waals surface area contributed by atoms with Gasteiger partial charge in [-0.1, -0.05) is 13.8 Å². The Morgan fingerprint density at radius 1 is 0.436 bits per heavy atom. The third-order valence-corrected chi connectivity index (χ3v) is 14.9. The minimum absolute atomic E-state index is 0.00248. The lowest BCUT2D eigenvalue weighted by molar-refractivity contribution is -0.143. The van der Waals surface area contributed by atoms with Gasteiger partial charge in [0.15, 0.2) is 23.8 Å². The zero-order chi connectivity index (χ0) is 71.2. The molecule has 12 atom stereocenters. The molecule has 38 heteroatoms. The number of nitrogens with one attached hydrogen (secondary N) is 9. The Labute approximate surface area is 547 Å². The molecule has 0 bridgehead atoms. The van der Waals surface area contributed by atoms with Gasteiger partial charge in [0.1, 0.15) is 66.5 Å². The predicted octanol–water partition coefficient (Wildman–Crippen LogP) is -8.70. The van der Waals surface area contributed by atoms with Crippen molar-refractivity contribution in [2.45, 2.75) is 210 Å². The molecule has 0 aromatic carbocycles. The van der Waals surface area contributed by atoms with Crippen LogP contribution in [0.2, 0.25) is 0 Å². The van der Waals surface area contributed by atoms with Gasteiger partial charge in [0, 0.05) is 32.7 Å². The second kappa shape index (κ2) is 44.6. The van der Waals surface area contributed by atoms with E-state index in [1.807, 2.05) is 0 Å². The Hall–Kier alpha value is -8.91. The van der Waals surface area contributed by atoms with Gasteiger partial charge in [-0.25, -0.2) is 4.79 Å². The van der Waals surface area contributed by atoms with Crippen molar-refractivity contribution >= 4 is 88.9 Å². The molecule has 1 rings (SSSR count). The third-order valence-electron chi connectivity index (χ3n) is 14.9. The van der Waals surface area contributed by atoms with Crippen LogP contribution >= 0.6 is 0 Å². The Balaban J connectivity index is 3.59. The maximum absolute atomic E-state index is 14.5. The third kappa shape index (κ3) is 32.6. The number of rotatable bonds is 46. The minimum atomic E-state index is -1.46. The van der Waals surface area contributed by atoms with E-state index in [0.717, 1.165) is 0 Å². The summed E-state index contributed by atoms with van der Waals surface area (Å²) < 4.78 is 0. The number of aliphatic imine (C=N–C) groups is 4. The fourth-order valence-corrected chi connectivity index (χ4v) is 9.52. The number of hydrogen-bond acceptors (Lipinski definition) is 19. The van der Waals surface area contributed by atoms with Crippen LogP contribution in [0.15, 0.2) is 20.0 Å². The number of hydrogen-bond donors (Lipinski definition) is 22. The average molecular weight is 1340 g/mol. The monoisotopic (exact) mass is 1340 g/mol. The van der Waals surface area contributed by atoms with Gasteiger partial charge in [-0.15, -0.1) is 0 Å². The molecule has 0 aliphatic carbocycles. The van der Waals surface area contributed by atoms with Crippen molar-refractivity contribution in [3.05, 3.63) is 0 Å². The number of nitrogens with two attached hydrogens (primary N) is 11. The summed E-state index contributed by atoms with van der Waals surface area (Å²) in [6.45, 7) is 7.80. The van der Waals surface area contributed by atoms with Gasteiger partial charge in [-0.05, 0) is 143 Å². The molecule has 1 heterocycles. The highest BCUT2D eigenvalue weighted by Crippen LogP contribution is 2.20. The number of unbranched alkanes of at least 4 members (excludes halogenated alkanes) is 2. The number of carboxylic acids is 1. The Morgan fingerprint density at radius 2 is 0.734 bits per heavy atom. The summed E-state index contributed by atoms with van der Waals surface area (Å²) in [4.78, 5) is 169. The maximum Gasteiger partial charge on any atom is 0.326 e. The molecule has 0 unspecified atom stereocenters. The molecule has 1 fully saturated rings. The van der Waals surface area contributed by atoms with E-state index in [4.69, 9.17) is 63.1 Å². The van der Waals surface area contributed by atoms with Gasteiger partial charge in [-0.3, -0.25) is 67.9 Å². The summed E-state index contributed by atoms with van der Waals surface area (Å²) >= 11 is 0. The van der Waals surface area contributed by atoms with Crippen LogP contribution in [0.1, 0.15) is 137 Å². The van der Waals surface area contributed by atoms with Crippen LogP contribution in [-0.2, 0) is 52.7 Å². The molecule has 0 aromatic rings. The summed E-state index contributed by atoms with van der Waals surface area (Å²) in [6.07, 6.45) is 0.998. The van der Waals surface area contributed by atoms with Gasteiger partial charge in [0.05, 0.1) is 6.10 Å². The van der Waals surface area contributed by atoms with Gasteiger partial charge in [0.25, 0.3) is 0 Å². The van der Waals surface area contributed by atoms with E-state index in [0.29, 0.717) is 25.7 Å². The predicted molar refractivity (Wildman–Crippen MR) is 351 cm³/mol. The minimum Gasteiger partial charge on any atom is -0.480 e. The van der Waals surface area contributed by atoms with Crippen molar-refractivity contribution in [3.8, 4) is 0 Å². The number of likely N-dealkylation sites (tertiary alicyclic amines) is 1. The van der Waals surface area contributed by atoms with Crippen LogP contribution < -0.4 is 111 Å². The number of carboxylic acid groups (broad SMARTS) is 1. The number of amides is 10. The average Bonchev–Trinajstić information content (AvgIpc) is 1.63. The maximum atomic E-state index is 14.5. The van der Waals surface area contributed by atoms with E-state index in [-0.39, 0.29) is 147 Å². The second-order valence-corrected chi connectivity index (χ2v) is 23.2. The summed E-state index contributed by atoms with van der Waals surface area (Å²) in [5.74, 6) is -11.1. The fourth-order valence-electron chi connectivity index (χ4n) is 9.52. The van der Waals surface area contributed by atoms with Crippen LogP contribution in [0.3, 0.4) is 0 Å². The molecule has 534 valence electrons. The quantitative estimate of drug-likeness (QED) is 0.0153. The van der Waals surface area contributed by atoms with Crippen molar-refractivity contribution in [3.63, 3.8) is 0 Å². The molecule has 38 nitrogen and oxygen atoms in total. The summed E-state index contributed by atoms with van der Waals surface area (Å²) in [6, 6.07) is -14.6. The standard InChI is InChI=1S/C56H107N25O13/c1-29(2)41(52(93)94)80-49(90)38(20-13-27-71-56(66)67)78-46(87)34(16-7-9-23-58)75-45(86)33(15-6-8-22-57)76-48(89)37(19-12-26-70-55(64)65)77-47(88)36(18-11-25-69-54(62)63)74-43(84)31(4)72-42(83)30(3)73-44(85)35(17-10-24-68-53(60)61)79-50(91)39-21-14-28-81(39)51(92)40(59)32(5)82/h29-41,82H,6-28,57-59H2,1-5H3,(H,72,83)(H,73,85)(H,74,84)(H,75,86)(H,76,89)(H,77,88)(H,78,87)(H,79,91)(H,80,90)(H,93,94)(H4,60,61,68)(H4,62,63,69)(H4,64,65,70)(H4,66,67,71)/t30-,31-,32+,33-,34-,35-,36-,37-,38-,39-,40-,41-/m0/s1. The largest absolute Gasteiger partial charge is 0.480 e. The number of aliphatic carboxylic acids is 1. The van der Waals surface area contributed by atoms with Crippen molar-refractivity contribution < 1.29 is 63.0 Å². The lowest BCUT2D eigenvalue weighted by Crippen LogP contribution is -2.60. The summed E-state index contributed by atoms with van der Waals surface area (Å²) in [7, 11) is 0. The van der Waals surface area contributed by atoms with Crippen molar-refractivity contribution in [2.24, 2.45) is 89.0 Å². The van der Waals surface area contributed by atoms with E-state index in [1.165, 1.54) is 25.7 Å². The van der Waals surface area contributed by atoms with Crippen molar-refractivity contribution in [2.75, 3.05) is 45.8 Å². The molecule has 94 heavy (non-hydrogen) atoms. The first kappa shape index (κ1) is 83.1. The number of carbonyl (C=O) groups excluding carboxylic acids is 10. The molecule has 10 amide bonds. The Bertz CT molecular complexity index is 2590. The molecule has 0 saturated carbocycles. The van der Waals surface area contributed by atoms with Gasteiger partial charge in [0.2, 0.25) is 59.1 Å². The van der Waals surface area contributed by atoms with E-state index >= 15 is 0 Å². The first-order chi connectivity index (χ1) is 44.3. The van der Waals surface area contributed by atoms with E-state index in [2.05, 4.69) is 67.8 Å². The molecule has 0 spiro atoms. The van der Waals surface area contributed by atoms with Gasteiger partial charge in [-0.2, -0.15) is 0 Å². The topological polar surface area (TPSA) is 675 Å². The summed E-state index contributed by atoms with van der Waals surface area (Å²) in [5, 5.41) is 43.1. The summed E-state index contributed by atoms with van der Waals surface area (Å²) in [5.41, 5.74) is 61.6.